The van der Waals surface area contributed by atoms with E-state index >= 15 is 0 Å². The number of rotatable bonds is 3. The lowest BCUT2D eigenvalue weighted by Gasteiger charge is -2.55. The highest BCUT2D eigenvalue weighted by atomic mass is 35.5. The Morgan fingerprint density at radius 1 is 1.08 bits per heavy atom. The van der Waals surface area contributed by atoms with Crippen LogP contribution in [0.1, 0.15) is 43.5 Å². The molecule has 0 unspecified atom stereocenters. The Morgan fingerprint density at radius 2 is 1.77 bits per heavy atom. The molecule has 2 N–H and O–H groups in total. The summed E-state index contributed by atoms with van der Waals surface area (Å²) in [6.07, 6.45) is 7.98. The number of hydrogen-bond acceptors (Lipinski definition) is 4. The van der Waals surface area contributed by atoms with E-state index in [1.165, 1.54) is 38.5 Å². The van der Waals surface area contributed by atoms with Crippen molar-refractivity contribution in [2.24, 2.45) is 17.8 Å². The minimum atomic E-state index is -0.319. The first-order valence-corrected chi connectivity index (χ1v) is 10.4. The molecule has 4 fully saturated rings. The molecule has 5 nitrogen and oxygen atoms in total. The summed E-state index contributed by atoms with van der Waals surface area (Å²) in [6.45, 7) is 0. The molecule has 2 aromatic rings. The van der Waals surface area contributed by atoms with Gasteiger partial charge >= 0.3 is 6.03 Å². The van der Waals surface area contributed by atoms with Gasteiger partial charge in [-0.3, -0.25) is 5.32 Å². The first-order valence-electron chi connectivity index (χ1n) is 9.25. The Bertz CT molecular complexity index is 816. The van der Waals surface area contributed by atoms with E-state index in [4.69, 9.17) is 11.6 Å². The van der Waals surface area contributed by atoms with E-state index in [1.54, 1.807) is 35.6 Å². The van der Waals surface area contributed by atoms with Crippen LogP contribution in [-0.4, -0.2) is 16.2 Å². The van der Waals surface area contributed by atoms with Crippen molar-refractivity contribution in [2.45, 2.75) is 43.9 Å². The highest BCUT2D eigenvalue weighted by Crippen LogP contribution is 2.61. The van der Waals surface area contributed by atoms with Crippen molar-refractivity contribution < 1.29 is 4.79 Å². The molecule has 1 heterocycles. The van der Waals surface area contributed by atoms with Gasteiger partial charge in [-0.15, -0.1) is 10.2 Å². The average Bonchev–Trinajstić information content (AvgIpc) is 3.02. The summed E-state index contributed by atoms with van der Waals surface area (Å²) < 4.78 is 0. The molecule has 6 rings (SSSR count). The number of hydrogen-bond donors (Lipinski definition) is 2. The first-order chi connectivity index (χ1) is 12.6. The number of carbonyl (C=O) groups excluding carboxylic acids is 1. The smallest absolute Gasteiger partial charge is 0.308 e. The maximum Gasteiger partial charge on any atom is 0.325 e. The summed E-state index contributed by atoms with van der Waals surface area (Å²) in [5, 5.41) is 16.6. The lowest BCUT2D eigenvalue weighted by molar-refractivity contribution is -0.00555. The predicted molar refractivity (Wildman–Crippen MR) is 104 cm³/mol. The van der Waals surface area contributed by atoms with E-state index < -0.39 is 0 Å². The summed E-state index contributed by atoms with van der Waals surface area (Å²) in [5.41, 5.74) is 0.872. The number of anilines is 2. The van der Waals surface area contributed by atoms with Gasteiger partial charge in [0.2, 0.25) is 5.13 Å². The number of nitrogens with one attached hydrogen (secondary N) is 2. The molecule has 136 valence electrons. The fraction of sp³-hybridized carbons (Fsp3) is 0.526. The second-order valence-corrected chi connectivity index (χ2v) is 9.61. The second-order valence-electron chi connectivity index (χ2n) is 8.20. The average molecular weight is 389 g/mol. The predicted octanol–water partition coefficient (Wildman–Crippen LogP) is 5.30. The van der Waals surface area contributed by atoms with E-state index in [2.05, 4.69) is 20.8 Å². The summed E-state index contributed by atoms with van der Waals surface area (Å²) in [5.74, 6) is 2.60. The zero-order valence-electron chi connectivity index (χ0n) is 14.4. The molecule has 4 bridgehead atoms. The van der Waals surface area contributed by atoms with Crippen LogP contribution in [0.3, 0.4) is 0 Å². The zero-order chi connectivity index (χ0) is 17.7. The van der Waals surface area contributed by atoms with Gasteiger partial charge in [0.15, 0.2) is 0 Å². The first kappa shape index (κ1) is 16.5. The second kappa shape index (κ2) is 6.20. The molecule has 4 aliphatic rings. The van der Waals surface area contributed by atoms with Crippen molar-refractivity contribution in [3.05, 3.63) is 34.3 Å². The van der Waals surface area contributed by atoms with Gasteiger partial charge in [-0.2, -0.15) is 0 Å². The highest BCUT2D eigenvalue weighted by Gasteiger charge is 2.53. The Morgan fingerprint density at radius 3 is 2.42 bits per heavy atom. The molecule has 2 amide bonds. The van der Waals surface area contributed by atoms with Crippen LogP contribution in [0.15, 0.2) is 24.3 Å². The summed E-state index contributed by atoms with van der Waals surface area (Å²) >= 11 is 7.49. The zero-order valence-corrected chi connectivity index (χ0v) is 15.9. The number of urea groups is 1. The van der Waals surface area contributed by atoms with Crippen molar-refractivity contribution in [3.8, 4) is 0 Å². The SMILES string of the molecule is O=C(Nc1cccc(Cl)c1)Nc1nnc(C23CC4CC(CC(C4)C2)C3)s1. The van der Waals surface area contributed by atoms with Crippen LogP contribution in [0.5, 0.6) is 0 Å². The summed E-state index contributed by atoms with van der Waals surface area (Å²) in [7, 11) is 0. The molecule has 4 aliphatic carbocycles. The van der Waals surface area contributed by atoms with Crippen LogP contribution in [0.2, 0.25) is 5.02 Å². The maximum atomic E-state index is 12.2. The van der Waals surface area contributed by atoms with Crippen molar-refractivity contribution in [3.63, 3.8) is 0 Å². The Kier molecular flexibility index (Phi) is 3.94. The van der Waals surface area contributed by atoms with E-state index in [1.807, 2.05) is 0 Å². The number of carbonyl (C=O) groups is 1. The van der Waals surface area contributed by atoms with Gasteiger partial charge in [0.1, 0.15) is 5.01 Å². The van der Waals surface area contributed by atoms with E-state index in [9.17, 15) is 4.79 Å². The molecule has 0 saturated heterocycles. The monoisotopic (exact) mass is 388 g/mol. The Labute approximate surface area is 161 Å². The molecular weight excluding hydrogens is 368 g/mol. The van der Waals surface area contributed by atoms with Crippen LogP contribution < -0.4 is 10.6 Å². The van der Waals surface area contributed by atoms with Gasteiger partial charge in [0.25, 0.3) is 0 Å². The summed E-state index contributed by atoms with van der Waals surface area (Å²) in [6, 6.07) is 6.76. The van der Waals surface area contributed by atoms with Crippen molar-refractivity contribution in [1.29, 1.82) is 0 Å². The molecule has 1 aromatic carbocycles. The molecule has 0 atom stereocenters. The van der Waals surface area contributed by atoms with Crippen LogP contribution in [0.4, 0.5) is 15.6 Å². The standard InChI is InChI=1S/C19H21ClN4OS/c20-14-2-1-3-15(7-14)21-17(25)22-18-24-23-16(26-18)19-8-11-4-12(9-19)6-13(5-11)10-19/h1-3,7,11-13H,4-6,8-10H2,(H2,21,22,24,25). The number of amides is 2. The molecule has 1 aromatic heterocycles. The third-order valence-corrected chi connectivity index (χ3v) is 7.54. The number of nitrogens with zero attached hydrogens (tertiary/aromatic N) is 2. The largest absolute Gasteiger partial charge is 0.325 e. The van der Waals surface area contributed by atoms with Crippen LogP contribution >= 0.6 is 22.9 Å². The molecule has 0 radical (unpaired) electrons. The minimum absolute atomic E-state index is 0.218. The minimum Gasteiger partial charge on any atom is -0.308 e. The Hall–Kier alpha value is -1.66. The van der Waals surface area contributed by atoms with Gasteiger partial charge in [-0.25, -0.2) is 4.79 Å². The fourth-order valence-electron chi connectivity index (χ4n) is 5.69. The Balaban J connectivity index is 1.29. The van der Waals surface area contributed by atoms with Crippen LogP contribution in [0, 0.1) is 17.8 Å². The normalized spacial score (nSPS) is 31.8. The van der Waals surface area contributed by atoms with Crippen LogP contribution in [0.25, 0.3) is 0 Å². The maximum absolute atomic E-state index is 12.2. The van der Waals surface area contributed by atoms with Crippen molar-refractivity contribution in [1.82, 2.24) is 10.2 Å². The van der Waals surface area contributed by atoms with E-state index in [0.717, 1.165) is 22.8 Å². The van der Waals surface area contributed by atoms with Gasteiger partial charge in [-0.05, 0) is 74.5 Å². The molecule has 4 saturated carbocycles. The molecular formula is C19H21ClN4OS. The van der Waals surface area contributed by atoms with Gasteiger partial charge < -0.3 is 5.32 Å². The fourth-order valence-corrected chi connectivity index (χ4v) is 6.83. The number of halogens is 1. The van der Waals surface area contributed by atoms with Crippen LogP contribution in [-0.2, 0) is 5.41 Å². The number of benzene rings is 1. The lowest BCUT2D eigenvalue weighted by Crippen LogP contribution is -2.48. The van der Waals surface area contributed by atoms with Crippen molar-refractivity contribution in [2.75, 3.05) is 10.6 Å². The molecule has 0 spiro atoms. The molecule has 26 heavy (non-hydrogen) atoms. The summed E-state index contributed by atoms with van der Waals surface area (Å²) in [4.78, 5) is 12.2. The topological polar surface area (TPSA) is 66.9 Å². The third-order valence-electron chi connectivity index (χ3n) is 6.22. The van der Waals surface area contributed by atoms with Gasteiger partial charge in [-0.1, -0.05) is 29.0 Å². The van der Waals surface area contributed by atoms with Crippen molar-refractivity contribution >= 4 is 39.8 Å². The van der Waals surface area contributed by atoms with Gasteiger partial charge in [0.05, 0.1) is 0 Å². The van der Waals surface area contributed by atoms with Gasteiger partial charge in [0, 0.05) is 16.1 Å². The molecule has 0 aliphatic heterocycles. The highest BCUT2D eigenvalue weighted by molar-refractivity contribution is 7.15. The third kappa shape index (κ3) is 2.99. The quantitative estimate of drug-likeness (QED) is 0.749. The van der Waals surface area contributed by atoms with E-state index in [0.29, 0.717) is 15.8 Å². The lowest BCUT2D eigenvalue weighted by atomic mass is 9.50. The number of aromatic nitrogens is 2. The molecule has 7 heteroatoms. The van der Waals surface area contributed by atoms with E-state index in [-0.39, 0.29) is 11.4 Å².